The Labute approximate surface area is 205 Å². The van der Waals surface area contributed by atoms with Gasteiger partial charge in [0, 0.05) is 23.5 Å². The topological polar surface area (TPSA) is 117 Å². The molecule has 2 heterocycles. The first kappa shape index (κ1) is 27.3. The first-order chi connectivity index (χ1) is 15.7. The second-order valence-corrected chi connectivity index (χ2v) is 10.1. The van der Waals surface area contributed by atoms with Crippen molar-refractivity contribution in [3.8, 4) is 17.0 Å². The molecule has 0 unspecified atom stereocenters. The quantitative estimate of drug-likeness (QED) is 0.542. The van der Waals surface area contributed by atoms with Gasteiger partial charge in [0.25, 0.3) is 0 Å². The summed E-state index contributed by atoms with van der Waals surface area (Å²) in [6.07, 6.45) is 1.98. The highest BCUT2D eigenvalue weighted by Gasteiger charge is 2.31. The number of amides is 2. The Kier molecular flexibility index (Phi) is 8.85. The number of pyridine rings is 2. The fourth-order valence-electron chi connectivity index (χ4n) is 3.29. The Morgan fingerprint density at radius 2 is 1.79 bits per heavy atom. The fourth-order valence-corrected chi connectivity index (χ4v) is 3.52. The van der Waals surface area contributed by atoms with Gasteiger partial charge in [-0.15, -0.1) is 0 Å². The molecule has 2 rings (SSSR count). The minimum atomic E-state index is -0.926. The van der Waals surface area contributed by atoms with Gasteiger partial charge in [-0.1, -0.05) is 25.4 Å². The van der Waals surface area contributed by atoms with Crippen molar-refractivity contribution in [2.75, 3.05) is 18.6 Å². The van der Waals surface area contributed by atoms with E-state index in [9.17, 15) is 9.59 Å². The number of carbonyl (C=O) groups excluding carboxylic acids is 2. The number of ether oxygens (including phenoxy) is 3. The van der Waals surface area contributed by atoms with Crippen molar-refractivity contribution in [3.05, 3.63) is 35.6 Å². The van der Waals surface area contributed by atoms with Crippen LogP contribution < -0.4 is 15.4 Å². The molecule has 0 saturated carbocycles. The number of hydrogen-bond donors (Lipinski definition) is 1. The molecule has 1 atom stereocenters. The van der Waals surface area contributed by atoms with Crippen LogP contribution in [-0.4, -0.2) is 47.0 Å². The van der Waals surface area contributed by atoms with Crippen molar-refractivity contribution in [2.45, 2.75) is 59.1 Å². The summed E-state index contributed by atoms with van der Waals surface area (Å²) in [5.74, 6) is 0.725. The van der Waals surface area contributed by atoms with Gasteiger partial charge in [0.1, 0.15) is 23.0 Å². The molecule has 0 saturated heterocycles. The molecule has 0 aliphatic heterocycles. The van der Waals surface area contributed by atoms with Crippen LogP contribution in [0.5, 0.6) is 5.88 Å². The Balaban J connectivity index is 2.29. The van der Waals surface area contributed by atoms with Gasteiger partial charge >= 0.3 is 12.2 Å². The summed E-state index contributed by atoms with van der Waals surface area (Å²) < 4.78 is 15.8. The Morgan fingerprint density at radius 1 is 1.12 bits per heavy atom. The lowest BCUT2D eigenvalue weighted by molar-refractivity contribution is 0.0574. The molecule has 2 amide bonds. The monoisotopic (exact) mass is 492 g/mol. The molecule has 0 aliphatic rings. The average molecular weight is 493 g/mol. The average Bonchev–Trinajstić information content (AvgIpc) is 2.70. The number of nitrogens with zero attached hydrogens (tertiary/aromatic N) is 3. The molecular formula is C24H33ClN4O5. The number of halogens is 1. The summed E-state index contributed by atoms with van der Waals surface area (Å²) in [4.78, 5) is 34.1. The second-order valence-electron chi connectivity index (χ2n) is 9.74. The first-order valence-electron chi connectivity index (χ1n) is 10.9. The van der Waals surface area contributed by atoms with Crippen molar-refractivity contribution >= 4 is 29.6 Å². The fraction of sp³-hybridized carbons (Fsp3) is 0.500. The zero-order chi connectivity index (χ0) is 25.7. The van der Waals surface area contributed by atoms with Crippen LogP contribution in [0, 0.1) is 5.92 Å². The van der Waals surface area contributed by atoms with Crippen LogP contribution in [0.1, 0.15) is 48.0 Å². The maximum absolute atomic E-state index is 12.6. The zero-order valence-electron chi connectivity index (χ0n) is 20.7. The molecule has 10 heteroatoms. The van der Waals surface area contributed by atoms with Gasteiger partial charge in [-0.3, -0.25) is 0 Å². The number of carbonyl (C=O) groups is 2. The minimum absolute atomic E-state index is 0.0302. The third kappa shape index (κ3) is 7.85. The largest absolute Gasteiger partial charge is 0.475 e. The van der Waals surface area contributed by atoms with Crippen LogP contribution in [0.4, 0.5) is 15.4 Å². The maximum Gasteiger partial charge on any atom is 0.425 e. The van der Waals surface area contributed by atoms with E-state index >= 15 is 0 Å². The van der Waals surface area contributed by atoms with Gasteiger partial charge in [-0.2, -0.15) is 4.90 Å². The molecule has 0 fully saturated rings. The molecule has 2 aromatic rings. The van der Waals surface area contributed by atoms with Crippen LogP contribution in [0.2, 0.25) is 5.02 Å². The molecule has 2 aromatic heterocycles. The van der Waals surface area contributed by atoms with Crippen molar-refractivity contribution in [1.29, 1.82) is 0 Å². The number of imide groups is 1. The van der Waals surface area contributed by atoms with Gasteiger partial charge in [0.05, 0.1) is 7.11 Å². The third-order valence-electron chi connectivity index (χ3n) is 4.46. The van der Waals surface area contributed by atoms with Crippen LogP contribution >= 0.6 is 11.6 Å². The van der Waals surface area contributed by atoms with E-state index in [4.69, 9.17) is 31.5 Å². The smallest absolute Gasteiger partial charge is 0.425 e. The van der Waals surface area contributed by atoms with Crippen molar-refractivity contribution in [1.82, 2.24) is 9.97 Å². The standard InChI is InChI=1S/C24H33ClN4O5/c1-15(2)12-24(6,26)14-33-20-18(25)10-17(13-28-20)16-8-9-27-19(11-16)29(21(30)32-7)22(31)34-23(3,4)5/h8-11,13,15H,12,14,26H2,1-7H3/t24-/m0/s1. The van der Waals surface area contributed by atoms with Crippen LogP contribution in [0.15, 0.2) is 30.6 Å². The predicted octanol–water partition coefficient (Wildman–Crippen LogP) is 5.45. The van der Waals surface area contributed by atoms with Crippen molar-refractivity contribution in [2.24, 2.45) is 11.7 Å². The molecule has 0 aromatic carbocycles. The van der Waals surface area contributed by atoms with E-state index in [0.717, 1.165) is 11.3 Å². The van der Waals surface area contributed by atoms with Crippen LogP contribution in [-0.2, 0) is 9.47 Å². The summed E-state index contributed by atoms with van der Waals surface area (Å²) in [6, 6.07) is 4.91. The number of methoxy groups -OCH3 is 1. The summed E-state index contributed by atoms with van der Waals surface area (Å²) >= 11 is 6.41. The predicted molar refractivity (Wildman–Crippen MR) is 131 cm³/mol. The molecule has 186 valence electrons. The summed E-state index contributed by atoms with van der Waals surface area (Å²) in [6.45, 7) is 11.5. The van der Waals surface area contributed by atoms with Crippen molar-refractivity contribution in [3.63, 3.8) is 0 Å². The number of anilines is 1. The Morgan fingerprint density at radius 3 is 2.35 bits per heavy atom. The van der Waals surface area contributed by atoms with Gasteiger partial charge in [0.15, 0.2) is 0 Å². The van der Waals surface area contributed by atoms with E-state index in [1.807, 2.05) is 6.92 Å². The van der Waals surface area contributed by atoms with Gasteiger partial charge < -0.3 is 19.9 Å². The number of nitrogens with two attached hydrogens (primary N) is 1. The lowest BCUT2D eigenvalue weighted by Gasteiger charge is -2.26. The van der Waals surface area contributed by atoms with Crippen molar-refractivity contribution < 1.29 is 23.8 Å². The van der Waals surface area contributed by atoms with E-state index in [0.29, 0.717) is 22.1 Å². The number of rotatable bonds is 7. The molecule has 0 aliphatic carbocycles. The molecule has 0 bridgehead atoms. The maximum atomic E-state index is 12.6. The second kappa shape index (κ2) is 11.0. The molecule has 0 radical (unpaired) electrons. The molecule has 9 nitrogen and oxygen atoms in total. The summed E-state index contributed by atoms with van der Waals surface area (Å²) in [5.41, 5.74) is 6.21. The SMILES string of the molecule is COC(=O)N(C(=O)OC(C)(C)C)c1cc(-c2cnc(OC[C@@](C)(N)CC(C)C)c(Cl)c2)ccn1. The highest BCUT2D eigenvalue weighted by molar-refractivity contribution is 6.32. The first-order valence-corrected chi connectivity index (χ1v) is 11.2. The molecule has 34 heavy (non-hydrogen) atoms. The van der Waals surface area contributed by atoms with E-state index in [-0.39, 0.29) is 18.3 Å². The third-order valence-corrected chi connectivity index (χ3v) is 4.73. The molecule has 2 N–H and O–H groups in total. The Hall–Kier alpha value is -2.91. The highest BCUT2D eigenvalue weighted by Crippen LogP contribution is 2.30. The summed E-state index contributed by atoms with van der Waals surface area (Å²) in [5, 5.41) is 0.299. The zero-order valence-corrected chi connectivity index (χ0v) is 21.5. The van der Waals surface area contributed by atoms with Gasteiger partial charge in [0.2, 0.25) is 5.88 Å². The van der Waals surface area contributed by atoms with Crippen LogP contribution in [0.3, 0.4) is 0 Å². The van der Waals surface area contributed by atoms with Gasteiger partial charge in [-0.05, 0) is 63.8 Å². The van der Waals surface area contributed by atoms with Crippen LogP contribution in [0.25, 0.3) is 11.1 Å². The number of aromatic nitrogens is 2. The number of hydrogen-bond acceptors (Lipinski definition) is 8. The van der Waals surface area contributed by atoms with Gasteiger partial charge in [-0.25, -0.2) is 19.6 Å². The lowest BCUT2D eigenvalue weighted by atomic mass is 9.93. The van der Waals surface area contributed by atoms with E-state index in [1.165, 1.54) is 19.4 Å². The van der Waals surface area contributed by atoms with E-state index in [2.05, 4.69) is 23.8 Å². The lowest BCUT2D eigenvalue weighted by Crippen LogP contribution is -2.43. The summed E-state index contributed by atoms with van der Waals surface area (Å²) in [7, 11) is 1.17. The minimum Gasteiger partial charge on any atom is -0.475 e. The van der Waals surface area contributed by atoms with E-state index < -0.39 is 23.3 Å². The van der Waals surface area contributed by atoms with E-state index in [1.54, 1.807) is 39.1 Å². The highest BCUT2D eigenvalue weighted by atomic mass is 35.5. The Bertz CT molecular complexity index is 1020. The molecule has 0 spiro atoms. The normalized spacial score (nSPS) is 13.2. The molecular weight excluding hydrogens is 460 g/mol.